The maximum absolute atomic E-state index is 13.5. The Morgan fingerprint density at radius 3 is 2.06 bits per heavy atom. The summed E-state index contributed by atoms with van der Waals surface area (Å²) in [5, 5.41) is 3.98. The van der Waals surface area contributed by atoms with Gasteiger partial charge in [-0.2, -0.15) is 9.41 Å². The van der Waals surface area contributed by atoms with Crippen LogP contribution < -0.4 is 5.43 Å². The van der Waals surface area contributed by atoms with E-state index in [2.05, 4.69) is 10.5 Å². The number of carbonyl (C=O) groups excluding carboxylic acids is 1. The molecule has 3 rings (SSSR count). The Bertz CT molecular complexity index is 1150. The summed E-state index contributed by atoms with van der Waals surface area (Å²) in [6, 6.07) is 9.82. The second-order valence-corrected chi connectivity index (χ2v) is 10.5. The lowest BCUT2D eigenvalue weighted by atomic mass is 9.95. The molecule has 33 heavy (non-hydrogen) atoms. The molecule has 0 unspecified atom stereocenters. The number of rotatable bonds is 6. The fourth-order valence-corrected chi connectivity index (χ4v) is 6.32. The number of hydrogen-bond acceptors (Lipinski definition) is 4. The van der Waals surface area contributed by atoms with E-state index in [9.17, 15) is 13.2 Å². The number of carbonyl (C=O) groups is 1. The smallest absolute Gasteiger partial charge is 0.243 e. The zero-order valence-corrected chi connectivity index (χ0v) is 20.9. The normalized spacial score (nSPS) is 16.0. The first kappa shape index (κ1) is 24.9. The maximum Gasteiger partial charge on any atom is 0.243 e. The van der Waals surface area contributed by atoms with Crippen molar-refractivity contribution in [3.63, 3.8) is 0 Å². The Hall–Kier alpha value is -2.77. The fraction of sp³-hybridized carbons (Fsp3) is 0.385. The lowest BCUT2D eigenvalue weighted by Gasteiger charge is -2.31. The van der Waals surface area contributed by atoms with Gasteiger partial charge in [0.2, 0.25) is 15.9 Å². The van der Waals surface area contributed by atoms with Crippen LogP contribution in [0.5, 0.6) is 0 Å². The van der Waals surface area contributed by atoms with Crippen LogP contribution in [0.3, 0.4) is 0 Å². The predicted octanol–water partition coefficient (Wildman–Crippen LogP) is 4.44. The Balaban J connectivity index is 1.61. The molecule has 0 aliphatic carbocycles. The van der Waals surface area contributed by atoms with E-state index in [1.54, 1.807) is 6.08 Å². The van der Waals surface area contributed by atoms with Crippen LogP contribution in [0, 0.1) is 40.5 Å². The monoisotopic (exact) mass is 467 g/mol. The Kier molecular flexibility index (Phi) is 7.87. The van der Waals surface area contributed by atoms with Gasteiger partial charge in [-0.1, -0.05) is 36.4 Å². The molecule has 6 nitrogen and oxygen atoms in total. The third-order valence-corrected chi connectivity index (χ3v) is 8.95. The second kappa shape index (κ2) is 10.4. The highest BCUT2D eigenvalue weighted by molar-refractivity contribution is 7.89. The van der Waals surface area contributed by atoms with Crippen molar-refractivity contribution in [2.45, 2.75) is 52.4 Å². The van der Waals surface area contributed by atoms with Crippen molar-refractivity contribution in [2.75, 3.05) is 13.1 Å². The summed E-state index contributed by atoms with van der Waals surface area (Å²) in [5.41, 5.74) is 8.43. The SMILES string of the molecule is Cc1c(C)c(C)c(S(=O)(=O)N2CCC(C(=O)N/N=C/C=C/c3ccccc3)CC2)c(C)c1C. The largest absolute Gasteiger partial charge is 0.273 e. The quantitative estimate of drug-likeness (QED) is 0.504. The van der Waals surface area contributed by atoms with E-state index in [1.807, 2.05) is 71.0 Å². The summed E-state index contributed by atoms with van der Waals surface area (Å²) >= 11 is 0. The van der Waals surface area contributed by atoms with Gasteiger partial charge in [0.05, 0.1) is 4.90 Å². The summed E-state index contributed by atoms with van der Waals surface area (Å²) in [6.45, 7) is 10.4. The molecular weight excluding hydrogens is 434 g/mol. The van der Waals surface area contributed by atoms with Crippen LogP contribution in [-0.2, 0) is 14.8 Å². The molecular formula is C26H33N3O3S. The molecule has 0 radical (unpaired) electrons. The molecule has 0 spiro atoms. The Morgan fingerprint density at radius 1 is 0.939 bits per heavy atom. The van der Waals surface area contributed by atoms with E-state index in [4.69, 9.17) is 0 Å². The van der Waals surface area contributed by atoms with Crippen molar-refractivity contribution in [3.05, 3.63) is 69.8 Å². The third-order valence-electron chi connectivity index (χ3n) is 6.78. The van der Waals surface area contributed by atoms with Crippen LogP contribution in [0.1, 0.15) is 46.2 Å². The first-order chi connectivity index (χ1) is 15.6. The number of nitrogens with zero attached hydrogens (tertiary/aromatic N) is 2. The summed E-state index contributed by atoms with van der Waals surface area (Å²) in [6.07, 6.45) is 6.15. The molecule has 0 atom stereocenters. The molecule has 1 aliphatic rings. The number of amides is 1. The molecule has 2 aromatic carbocycles. The molecule has 176 valence electrons. The molecule has 0 saturated carbocycles. The van der Waals surface area contributed by atoms with Crippen LogP contribution >= 0.6 is 0 Å². The van der Waals surface area contributed by atoms with Crippen LogP contribution in [0.2, 0.25) is 0 Å². The minimum absolute atomic E-state index is 0.175. The average Bonchev–Trinajstić information content (AvgIpc) is 2.82. The molecule has 1 N–H and O–H groups in total. The minimum Gasteiger partial charge on any atom is -0.273 e. The van der Waals surface area contributed by atoms with E-state index in [0.717, 1.165) is 33.4 Å². The van der Waals surface area contributed by atoms with E-state index in [1.165, 1.54) is 10.5 Å². The molecule has 1 saturated heterocycles. The van der Waals surface area contributed by atoms with Gasteiger partial charge >= 0.3 is 0 Å². The topological polar surface area (TPSA) is 78.8 Å². The molecule has 0 aromatic heterocycles. The maximum atomic E-state index is 13.5. The third kappa shape index (κ3) is 5.42. The van der Waals surface area contributed by atoms with Crippen LogP contribution in [0.25, 0.3) is 6.08 Å². The van der Waals surface area contributed by atoms with Gasteiger partial charge in [0, 0.05) is 25.2 Å². The highest BCUT2D eigenvalue weighted by Crippen LogP contribution is 2.33. The average molecular weight is 468 g/mol. The van der Waals surface area contributed by atoms with Gasteiger partial charge in [0.25, 0.3) is 0 Å². The molecule has 2 aromatic rings. The molecule has 1 amide bonds. The molecule has 0 bridgehead atoms. The van der Waals surface area contributed by atoms with Gasteiger partial charge in [-0.25, -0.2) is 13.8 Å². The molecule has 1 aliphatic heterocycles. The fourth-order valence-electron chi connectivity index (χ4n) is 4.29. The number of piperidine rings is 1. The van der Waals surface area contributed by atoms with Crippen molar-refractivity contribution in [2.24, 2.45) is 11.0 Å². The van der Waals surface area contributed by atoms with Gasteiger partial charge in [-0.05, 0) is 86.9 Å². The predicted molar refractivity (Wildman–Crippen MR) is 134 cm³/mol. The van der Waals surface area contributed by atoms with Crippen LogP contribution in [-0.4, -0.2) is 37.9 Å². The molecule has 1 heterocycles. The van der Waals surface area contributed by atoms with Gasteiger partial charge in [0.15, 0.2) is 0 Å². The number of hydrogen-bond donors (Lipinski definition) is 1. The van der Waals surface area contributed by atoms with Crippen molar-refractivity contribution in [1.82, 2.24) is 9.73 Å². The lowest BCUT2D eigenvalue weighted by Crippen LogP contribution is -2.42. The van der Waals surface area contributed by atoms with E-state index < -0.39 is 10.0 Å². The van der Waals surface area contributed by atoms with Gasteiger partial charge in [0.1, 0.15) is 0 Å². The summed E-state index contributed by atoms with van der Waals surface area (Å²) in [5.74, 6) is -0.429. The van der Waals surface area contributed by atoms with Crippen molar-refractivity contribution < 1.29 is 13.2 Å². The Labute approximate surface area is 197 Å². The van der Waals surface area contributed by atoms with E-state index in [0.29, 0.717) is 30.8 Å². The minimum atomic E-state index is -3.62. The van der Waals surface area contributed by atoms with Crippen molar-refractivity contribution in [3.8, 4) is 0 Å². The summed E-state index contributed by atoms with van der Waals surface area (Å²) < 4.78 is 28.5. The van der Waals surface area contributed by atoms with Crippen LogP contribution in [0.15, 0.2) is 46.4 Å². The summed E-state index contributed by atoms with van der Waals surface area (Å²) in [4.78, 5) is 12.9. The van der Waals surface area contributed by atoms with Crippen LogP contribution in [0.4, 0.5) is 0 Å². The van der Waals surface area contributed by atoms with Gasteiger partial charge in [-0.15, -0.1) is 0 Å². The highest BCUT2D eigenvalue weighted by atomic mass is 32.2. The number of benzene rings is 2. The zero-order chi connectivity index (χ0) is 24.2. The second-order valence-electron chi connectivity index (χ2n) is 8.66. The first-order valence-corrected chi connectivity index (χ1v) is 12.7. The Morgan fingerprint density at radius 2 is 1.48 bits per heavy atom. The number of hydrazone groups is 1. The van der Waals surface area contributed by atoms with E-state index >= 15 is 0 Å². The van der Waals surface area contributed by atoms with Crippen molar-refractivity contribution >= 4 is 28.2 Å². The lowest BCUT2D eigenvalue weighted by molar-refractivity contribution is -0.126. The molecule has 7 heteroatoms. The first-order valence-electron chi connectivity index (χ1n) is 11.3. The van der Waals surface area contributed by atoms with Gasteiger partial charge in [-0.3, -0.25) is 4.79 Å². The number of allylic oxidation sites excluding steroid dienone is 1. The number of sulfonamides is 1. The summed E-state index contributed by atoms with van der Waals surface area (Å²) in [7, 11) is -3.62. The zero-order valence-electron chi connectivity index (χ0n) is 20.1. The van der Waals surface area contributed by atoms with E-state index in [-0.39, 0.29) is 11.8 Å². The standard InChI is InChI=1S/C26H33N3O3S/c1-18-19(2)21(4)25(22(5)20(18)3)33(31,32)29-16-13-24(14-17-29)26(30)28-27-15-9-12-23-10-7-6-8-11-23/h6-12,15,24H,13-14,16-17H2,1-5H3,(H,28,30)/b12-9+,27-15+. The molecule has 1 fully saturated rings. The number of nitrogens with one attached hydrogen (secondary N) is 1. The van der Waals surface area contributed by atoms with Crippen molar-refractivity contribution in [1.29, 1.82) is 0 Å². The van der Waals surface area contributed by atoms with Gasteiger partial charge < -0.3 is 0 Å². The highest BCUT2D eigenvalue weighted by Gasteiger charge is 2.34.